The van der Waals surface area contributed by atoms with E-state index in [1.807, 2.05) is 24.3 Å². The lowest BCUT2D eigenvalue weighted by Gasteiger charge is -2.07. The third-order valence-corrected chi connectivity index (χ3v) is 4.21. The minimum absolute atomic E-state index is 0.278. The first kappa shape index (κ1) is 16.5. The highest BCUT2D eigenvalue weighted by atomic mass is 127. The Morgan fingerprint density at radius 1 is 1.27 bits per heavy atom. The molecule has 0 aliphatic rings. The van der Waals surface area contributed by atoms with E-state index in [4.69, 9.17) is 4.74 Å². The number of aromatic amines is 1. The largest absolute Gasteiger partial charge is 0.462 e. The number of carbonyl (C=O) groups excluding carboxylic acids is 2. The summed E-state index contributed by atoms with van der Waals surface area (Å²) in [7, 11) is 0. The number of hydrogen-bond donors (Lipinski definition) is 2. The summed E-state index contributed by atoms with van der Waals surface area (Å²) < 4.78 is 5.97. The lowest BCUT2D eigenvalue weighted by atomic mass is 10.1. The van der Waals surface area contributed by atoms with Crippen LogP contribution in [0.3, 0.4) is 0 Å². The lowest BCUT2D eigenvalue weighted by molar-refractivity contribution is 0.0525. The Morgan fingerprint density at radius 3 is 2.59 bits per heavy atom. The Kier molecular flexibility index (Phi) is 5.23. The second-order valence-corrected chi connectivity index (χ2v) is 5.94. The molecule has 1 aromatic carbocycles. The topological polar surface area (TPSA) is 71.2 Å². The molecular weight excluding hydrogens is 395 g/mol. The Hall–Kier alpha value is -1.83. The van der Waals surface area contributed by atoms with Crippen LogP contribution in [0.15, 0.2) is 24.3 Å². The van der Waals surface area contributed by atoms with Crippen molar-refractivity contribution in [1.29, 1.82) is 0 Å². The van der Waals surface area contributed by atoms with Crippen LogP contribution in [-0.2, 0) is 4.74 Å². The molecule has 1 heterocycles. The molecule has 1 aromatic heterocycles. The maximum atomic E-state index is 12.4. The van der Waals surface area contributed by atoms with Gasteiger partial charge < -0.3 is 15.0 Å². The van der Waals surface area contributed by atoms with Crippen LogP contribution in [0, 0.1) is 17.4 Å². The summed E-state index contributed by atoms with van der Waals surface area (Å²) >= 11 is 2.16. The maximum absolute atomic E-state index is 12.4. The summed E-state index contributed by atoms with van der Waals surface area (Å²) in [4.78, 5) is 27.4. The highest BCUT2D eigenvalue weighted by molar-refractivity contribution is 14.1. The molecule has 0 aliphatic heterocycles. The number of carbonyl (C=O) groups is 2. The predicted octanol–water partition coefficient (Wildman–Crippen LogP) is 3.67. The molecule has 0 bridgehead atoms. The summed E-state index contributed by atoms with van der Waals surface area (Å²) in [6, 6.07) is 7.50. The predicted molar refractivity (Wildman–Crippen MR) is 93.3 cm³/mol. The highest BCUT2D eigenvalue weighted by Crippen LogP contribution is 2.22. The fourth-order valence-electron chi connectivity index (χ4n) is 2.23. The third-order valence-electron chi connectivity index (χ3n) is 3.27. The number of esters is 1. The van der Waals surface area contributed by atoms with Gasteiger partial charge in [0.05, 0.1) is 17.9 Å². The summed E-state index contributed by atoms with van der Waals surface area (Å²) in [5.74, 6) is -0.692. The van der Waals surface area contributed by atoms with E-state index < -0.39 is 5.97 Å². The van der Waals surface area contributed by atoms with Crippen LogP contribution in [0.5, 0.6) is 0 Å². The molecule has 2 aromatic rings. The molecule has 0 spiro atoms. The Morgan fingerprint density at radius 2 is 1.95 bits per heavy atom. The average Bonchev–Trinajstić information content (AvgIpc) is 2.77. The fourth-order valence-corrected chi connectivity index (χ4v) is 2.76. The van der Waals surface area contributed by atoms with E-state index >= 15 is 0 Å². The monoisotopic (exact) mass is 412 g/mol. The van der Waals surface area contributed by atoms with Gasteiger partial charge in [0.1, 0.15) is 5.69 Å². The first-order chi connectivity index (χ1) is 10.5. The number of H-pyrrole nitrogens is 1. The summed E-state index contributed by atoms with van der Waals surface area (Å²) in [6.45, 7) is 5.54. The molecule has 22 heavy (non-hydrogen) atoms. The van der Waals surface area contributed by atoms with Gasteiger partial charge in [-0.15, -0.1) is 0 Å². The molecular formula is C16H17IN2O3. The molecule has 116 valence electrons. The van der Waals surface area contributed by atoms with Crippen molar-refractivity contribution in [3.05, 3.63) is 50.4 Å². The van der Waals surface area contributed by atoms with Crippen molar-refractivity contribution < 1.29 is 14.3 Å². The molecule has 0 atom stereocenters. The molecule has 1 amide bonds. The van der Waals surface area contributed by atoms with Gasteiger partial charge >= 0.3 is 5.97 Å². The van der Waals surface area contributed by atoms with Gasteiger partial charge in [-0.1, -0.05) is 12.1 Å². The van der Waals surface area contributed by atoms with Gasteiger partial charge in [-0.2, -0.15) is 0 Å². The number of benzene rings is 1. The van der Waals surface area contributed by atoms with Crippen molar-refractivity contribution in [2.75, 3.05) is 11.9 Å². The first-order valence-electron chi connectivity index (χ1n) is 6.87. The molecule has 2 rings (SSSR count). The quantitative estimate of drug-likeness (QED) is 0.595. The number of halogens is 1. The molecule has 6 heteroatoms. The summed E-state index contributed by atoms with van der Waals surface area (Å²) in [5.41, 5.74) is 2.76. The normalized spacial score (nSPS) is 10.4. The van der Waals surface area contributed by atoms with Gasteiger partial charge in [-0.05, 0) is 61.1 Å². The van der Waals surface area contributed by atoms with Gasteiger partial charge in [0.2, 0.25) is 0 Å². The van der Waals surface area contributed by atoms with E-state index in [0.717, 1.165) is 9.26 Å². The van der Waals surface area contributed by atoms with Gasteiger partial charge in [0.15, 0.2) is 0 Å². The smallest absolute Gasteiger partial charge is 0.340 e. The molecule has 0 aliphatic carbocycles. The van der Waals surface area contributed by atoms with E-state index in [2.05, 4.69) is 32.9 Å². The van der Waals surface area contributed by atoms with Crippen molar-refractivity contribution in [3.8, 4) is 0 Å². The molecule has 5 nitrogen and oxygen atoms in total. The third kappa shape index (κ3) is 3.32. The van der Waals surface area contributed by atoms with Crippen molar-refractivity contribution >= 4 is 40.2 Å². The maximum Gasteiger partial charge on any atom is 0.340 e. The minimum Gasteiger partial charge on any atom is -0.462 e. The Balaban J connectivity index is 2.30. The minimum atomic E-state index is -0.415. The van der Waals surface area contributed by atoms with Crippen LogP contribution in [-0.4, -0.2) is 23.5 Å². The second kappa shape index (κ2) is 6.95. The Labute approximate surface area is 142 Å². The zero-order valence-electron chi connectivity index (χ0n) is 12.6. The molecule has 0 saturated carbocycles. The summed E-state index contributed by atoms with van der Waals surface area (Å²) in [5, 5.41) is 2.85. The fraction of sp³-hybridized carbons (Fsp3) is 0.250. The van der Waals surface area contributed by atoms with Gasteiger partial charge in [-0.25, -0.2) is 4.79 Å². The van der Waals surface area contributed by atoms with Crippen molar-refractivity contribution in [3.63, 3.8) is 0 Å². The van der Waals surface area contributed by atoms with Crippen LogP contribution in [0.2, 0.25) is 0 Å². The average molecular weight is 412 g/mol. The second-order valence-electron chi connectivity index (χ2n) is 4.78. The molecule has 0 saturated heterocycles. The van der Waals surface area contributed by atoms with Crippen LogP contribution in [0.4, 0.5) is 5.69 Å². The van der Waals surface area contributed by atoms with E-state index in [1.165, 1.54) is 0 Å². The SMILES string of the molecule is CCOC(=O)c1c(C)[nH]c(C(=O)Nc2ccccc2I)c1C. The number of nitrogens with one attached hydrogen (secondary N) is 2. The van der Waals surface area contributed by atoms with Crippen molar-refractivity contribution in [2.24, 2.45) is 0 Å². The molecule has 0 radical (unpaired) electrons. The zero-order valence-corrected chi connectivity index (χ0v) is 14.8. The van der Waals surface area contributed by atoms with E-state index in [1.54, 1.807) is 20.8 Å². The van der Waals surface area contributed by atoms with E-state index in [-0.39, 0.29) is 5.91 Å². The van der Waals surface area contributed by atoms with Crippen LogP contribution < -0.4 is 5.32 Å². The van der Waals surface area contributed by atoms with Gasteiger partial charge in [0, 0.05) is 9.26 Å². The van der Waals surface area contributed by atoms with Crippen LogP contribution in [0.1, 0.15) is 39.0 Å². The molecule has 2 N–H and O–H groups in total. The first-order valence-corrected chi connectivity index (χ1v) is 7.95. The lowest BCUT2D eigenvalue weighted by Crippen LogP contribution is -2.15. The van der Waals surface area contributed by atoms with Gasteiger partial charge in [-0.3, -0.25) is 4.79 Å². The number of ether oxygens (including phenoxy) is 1. The highest BCUT2D eigenvalue weighted by Gasteiger charge is 2.23. The van der Waals surface area contributed by atoms with Crippen LogP contribution in [0.25, 0.3) is 0 Å². The number of rotatable bonds is 4. The number of para-hydroxylation sites is 1. The molecule has 0 fully saturated rings. The zero-order chi connectivity index (χ0) is 16.3. The number of hydrogen-bond acceptors (Lipinski definition) is 3. The van der Waals surface area contributed by atoms with Gasteiger partial charge in [0.25, 0.3) is 5.91 Å². The number of aryl methyl sites for hydroxylation is 1. The number of aromatic nitrogens is 1. The number of amides is 1. The van der Waals surface area contributed by atoms with Crippen molar-refractivity contribution in [1.82, 2.24) is 4.98 Å². The number of anilines is 1. The molecule has 0 unspecified atom stereocenters. The Bertz CT molecular complexity index is 722. The van der Waals surface area contributed by atoms with Crippen LogP contribution >= 0.6 is 22.6 Å². The van der Waals surface area contributed by atoms with E-state index in [0.29, 0.717) is 29.1 Å². The van der Waals surface area contributed by atoms with Crippen molar-refractivity contribution in [2.45, 2.75) is 20.8 Å². The standard InChI is InChI=1S/C16H17IN2O3/c1-4-22-16(21)13-9(2)14(18-10(13)3)15(20)19-12-8-6-5-7-11(12)17/h5-8,18H,4H2,1-3H3,(H,19,20). The summed E-state index contributed by atoms with van der Waals surface area (Å²) in [6.07, 6.45) is 0. The van der Waals surface area contributed by atoms with E-state index in [9.17, 15) is 9.59 Å².